The van der Waals surface area contributed by atoms with Gasteiger partial charge in [-0.05, 0) is 24.3 Å². The van der Waals surface area contributed by atoms with Gasteiger partial charge in [-0.1, -0.05) is 18.2 Å². The molecule has 5 heteroatoms. The number of rotatable bonds is 1. The lowest BCUT2D eigenvalue weighted by atomic mass is 10.2. The van der Waals surface area contributed by atoms with Crippen LogP contribution in [0.15, 0.2) is 55.0 Å². The zero-order valence-corrected chi connectivity index (χ0v) is 10.4. The Labute approximate surface area is 114 Å². The lowest BCUT2D eigenvalue weighted by molar-refractivity contribution is 1.08. The van der Waals surface area contributed by atoms with Crippen molar-refractivity contribution in [2.24, 2.45) is 0 Å². The summed E-state index contributed by atoms with van der Waals surface area (Å²) in [5.74, 6) is 0. The lowest BCUT2D eigenvalue weighted by Gasteiger charge is -1.93. The fourth-order valence-corrected chi connectivity index (χ4v) is 2.16. The molecule has 0 N–H and O–H groups in total. The molecule has 0 aliphatic heterocycles. The molecular formula is C15H9N5. The topological polar surface area (TPSA) is 64.5 Å². The highest BCUT2D eigenvalue weighted by Crippen LogP contribution is 2.21. The molecule has 3 aromatic heterocycles. The van der Waals surface area contributed by atoms with Gasteiger partial charge in [0.15, 0.2) is 0 Å². The molecule has 0 atom stereocenters. The van der Waals surface area contributed by atoms with Crippen LogP contribution in [0.2, 0.25) is 0 Å². The second-order valence-corrected chi connectivity index (χ2v) is 4.38. The van der Waals surface area contributed by atoms with Gasteiger partial charge in [-0.3, -0.25) is 4.98 Å². The third-order valence-electron chi connectivity index (χ3n) is 3.15. The highest BCUT2D eigenvalue weighted by Gasteiger charge is 2.05. The summed E-state index contributed by atoms with van der Waals surface area (Å²) in [5.41, 5.74) is 3.89. The zero-order chi connectivity index (χ0) is 13.4. The predicted octanol–water partition coefficient (Wildman–Crippen LogP) is 2.64. The number of imidazole rings is 1. The lowest BCUT2D eigenvalue weighted by Crippen LogP contribution is -1.85. The maximum absolute atomic E-state index is 4.33. The zero-order valence-electron chi connectivity index (χ0n) is 10.4. The molecule has 0 fully saturated rings. The van der Waals surface area contributed by atoms with Crippen LogP contribution in [-0.4, -0.2) is 25.1 Å². The van der Waals surface area contributed by atoms with Crippen LogP contribution in [0.5, 0.6) is 0 Å². The van der Waals surface area contributed by atoms with Gasteiger partial charge >= 0.3 is 0 Å². The minimum absolute atomic E-state index is 0.731. The van der Waals surface area contributed by atoms with Crippen molar-refractivity contribution in [1.29, 1.82) is 0 Å². The van der Waals surface area contributed by atoms with Gasteiger partial charge in [0.1, 0.15) is 23.1 Å². The third kappa shape index (κ3) is 1.68. The van der Waals surface area contributed by atoms with E-state index in [-0.39, 0.29) is 0 Å². The molecule has 0 aliphatic carbocycles. The van der Waals surface area contributed by atoms with E-state index >= 15 is 0 Å². The number of fused-ring (bicyclic) bond motifs is 3. The van der Waals surface area contributed by atoms with E-state index in [1.165, 1.54) is 0 Å². The van der Waals surface area contributed by atoms with Crippen molar-refractivity contribution in [2.45, 2.75) is 0 Å². The Balaban J connectivity index is 2.02. The Morgan fingerprint density at radius 1 is 0.650 bits per heavy atom. The molecule has 1 aromatic carbocycles. The van der Waals surface area contributed by atoms with E-state index < -0.39 is 0 Å². The van der Waals surface area contributed by atoms with Crippen LogP contribution < -0.4 is 0 Å². The first-order valence-corrected chi connectivity index (χ1v) is 6.20. The maximum atomic E-state index is 4.33. The maximum Gasteiger partial charge on any atom is 0.121 e. The van der Waals surface area contributed by atoms with Crippen molar-refractivity contribution in [3.63, 3.8) is 0 Å². The van der Waals surface area contributed by atoms with Gasteiger partial charge in [-0.25, -0.2) is 9.97 Å². The van der Waals surface area contributed by atoms with E-state index in [4.69, 9.17) is 0 Å². The summed E-state index contributed by atoms with van der Waals surface area (Å²) in [7, 11) is 0. The van der Waals surface area contributed by atoms with Crippen molar-refractivity contribution in [3.05, 3.63) is 55.0 Å². The molecule has 4 rings (SSSR count). The molecule has 3 heterocycles. The van der Waals surface area contributed by atoms with Crippen LogP contribution in [0, 0.1) is 0 Å². The van der Waals surface area contributed by atoms with E-state index in [0.717, 1.165) is 33.3 Å². The summed E-state index contributed by atoms with van der Waals surface area (Å²) in [6.45, 7) is 0. The van der Waals surface area contributed by atoms with Crippen LogP contribution in [0.4, 0.5) is 0 Å². The average Bonchev–Trinajstić information content (AvgIpc) is 2.87. The van der Waals surface area contributed by atoms with Gasteiger partial charge in [0, 0.05) is 11.6 Å². The van der Waals surface area contributed by atoms with Crippen molar-refractivity contribution >= 4 is 21.9 Å². The monoisotopic (exact) mass is 259 g/mol. The van der Waals surface area contributed by atoms with E-state index in [9.17, 15) is 0 Å². The summed E-state index contributed by atoms with van der Waals surface area (Å²) in [6, 6.07) is 13.5. The predicted molar refractivity (Wildman–Crippen MR) is 75.9 cm³/mol. The van der Waals surface area contributed by atoms with Gasteiger partial charge in [0.25, 0.3) is 0 Å². The standard InChI is InChI=1S/C15H9N5/c1-2-8-16-11(3-1)12-6-4-10-5-7-13-15(18-9-17-13)14(10)20-19-12/h1-9H. The molecule has 5 nitrogen and oxygen atoms in total. The molecule has 0 spiro atoms. The number of pyridine rings is 1. The second kappa shape index (κ2) is 4.31. The minimum Gasteiger partial charge on any atom is -0.255 e. The first-order chi connectivity index (χ1) is 9.92. The van der Waals surface area contributed by atoms with E-state index in [1.54, 1.807) is 12.5 Å². The average molecular weight is 259 g/mol. The molecule has 0 saturated heterocycles. The largest absolute Gasteiger partial charge is 0.255 e. The number of benzene rings is 1. The minimum atomic E-state index is 0.731. The van der Waals surface area contributed by atoms with Crippen molar-refractivity contribution in [3.8, 4) is 11.4 Å². The fourth-order valence-electron chi connectivity index (χ4n) is 2.16. The van der Waals surface area contributed by atoms with E-state index in [0.29, 0.717) is 0 Å². The van der Waals surface area contributed by atoms with E-state index in [1.807, 2.05) is 42.5 Å². The molecule has 4 aromatic rings. The van der Waals surface area contributed by atoms with Crippen molar-refractivity contribution in [1.82, 2.24) is 25.1 Å². The van der Waals surface area contributed by atoms with Crippen molar-refractivity contribution in [2.75, 3.05) is 0 Å². The summed E-state index contributed by atoms with van der Waals surface area (Å²) < 4.78 is 0. The van der Waals surface area contributed by atoms with Gasteiger partial charge in [0.05, 0.1) is 11.2 Å². The smallest absolute Gasteiger partial charge is 0.121 e. The first-order valence-electron chi connectivity index (χ1n) is 6.20. The Morgan fingerprint density at radius 3 is 2.50 bits per heavy atom. The van der Waals surface area contributed by atoms with Crippen LogP contribution in [0.3, 0.4) is 0 Å². The van der Waals surface area contributed by atoms with E-state index in [2.05, 4.69) is 25.1 Å². The third-order valence-corrected chi connectivity index (χ3v) is 3.15. The Bertz CT molecular complexity index is 905. The fraction of sp³-hybridized carbons (Fsp3) is 0. The Morgan fingerprint density at radius 2 is 1.60 bits per heavy atom. The first kappa shape index (κ1) is 10.9. The van der Waals surface area contributed by atoms with Crippen LogP contribution >= 0.6 is 0 Å². The Hall–Kier alpha value is -2.95. The van der Waals surface area contributed by atoms with Crippen LogP contribution in [0.25, 0.3) is 33.3 Å². The molecule has 0 radical (unpaired) electrons. The highest BCUT2D eigenvalue weighted by atomic mass is 15.1. The molecule has 0 unspecified atom stereocenters. The van der Waals surface area contributed by atoms with Gasteiger partial charge in [-0.15, -0.1) is 10.2 Å². The highest BCUT2D eigenvalue weighted by molar-refractivity contribution is 6.00. The van der Waals surface area contributed by atoms with Gasteiger partial charge < -0.3 is 0 Å². The SMILES string of the molecule is c1ccc(-c2ccc3ccc4ncnc4c3nn2)nc1. The molecular weight excluding hydrogens is 250 g/mol. The molecule has 0 aliphatic rings. The summed E-state index contributed by atoms with van der Waals surface area (Å²) in [5, 5.41) is 9.60. The molecule has 20 heavy (non-hydrogen) atoms. The number of hydrogen-bond acceptors (Lipinski definition) is 5. The summed E-state index contributed by atoms with van der Waals surface area (Å²) in [4.78, 5) is 12.7. The molecule has 94 valence electrons. The normalized spacial score (nSPS) is 11.0. The van der Waals surface area contributed by atoms with Crippen LogP contribution in [-0.2, 0) is 0 Å². The molecule has 0 amide bonds. The summed E-state index contributed by atoms with van der Waals surface area (Å²) in [6.07, 6.45) is 3.28. The second-order valence-electron chi connectivity index (χ2n) is 4.38. The molecule has 0 bridgehead atoms. The number of hydrogen-bond donors (Lipinski definition) is 0. The molecule has 0 saturated carbocycles. The quantitative estimate of drug-likeness (QED) is 0.525. The van der Waals surface area contributed by atoms with Crippen molar-refractivity contribution < 1.29 is 0 Å². The number of nitrogens with zero attached hydrogens (tertiary/aromatic N) is 5. The van der Waals surface area contributed by atoms with Gasteiger partial charge in [-0.2, -0.15) is 0 Å². The summed E-state index contributed by atoms with van der Waals surface area (Å²) >= 11 is 0. The van der Waals surface area contributed by atoms with Crippen LogP contribution in [0.1, 0.15) is 0 Å². The van der Waals surface area contributed by atoms with Gasteiger partial charge in [0.2, 0.25) is 0 Å². The Kier molecular flexibility index (Phi) is 2.35. The number of aromatic nitrogens is 5.